The lowest BCUT2D eigenvalue weighted by molar-refractivity contribution is -0.144. The number of rotatable bonds is 3. The molecule has 1 atom stereocenters. The van der Waals surface area contributed by atoms with Crippen LogP contribution < -0.4 is 4.74 Å². The van der Waals surface area contributed by atoms with Crippen molar-refractivity contribution >= 4 is 21.9 Å². The summed E-state index contributed by atoms with van der Waals surface area (Å²) in [5, 5.41) is 8.78. The van der Waals surface area contributed by atoms with Crippen molar-refractivity contribution in [3.63, 3.8) is 0 Å². The molecule has 17 heavy (non-hydrogen) atoms. The van der Waals surface area contributed by atoms with Crippen LogP contribution in [0.3, 0.4) is 0 Å². The molecular weight excluding hydrogens is 284 g/mol. The largest absolute Gasteiger partial charge is 0.479 e. The topological polar surface area (TPSA) is 46.5 Å². The molecule has 0 unspecified atom stereocenters. The summed E-state index contributed by atoms with van der Waals surface area (Å²) in [6.45, 7) is 7.87. The predicted molar refractivity (Wildman–Crippen MR) is 70.6 cm³/mol. The van der Waals surface area contributed by atoms with E-state index in [0.29, 0.717) is 5.75 Å². The van der Waals surface area contributed by atoms with Gasteiger partial charge in [0.05, 0.1) is 4.47 Å². The van der Waals surface area contributed by atoms with Crippen molar-refractivity contribution in [3.05, 3.63) is 28.2 Å². The Morgan fingerprint density at radius 1 is 1.41 bits per heavy atom. The Labute approximate surface area is 110 Å². The first-order valence-electron chi connectivity index (χ1n) is 5.41. The van der Waals surface area contributed by atoms with E-state index in [1.54, 1.807) is 6.07 Å². The second-order valence-corrected chi connectivity index (χ2v) is 5.85. The third kappa shape index (κ3) is 3.73. The molecule has 0 amide bonds. The fourth-order valence-corrected chi connectivity index (χ4v) is 1.78. The Morgan fingerprint density at radius 2 is 2.00 bits per heavy atom. The highest BCUT2D eigenvalue weighted by Crippen LogP contribution is 2.31. The quantitative estimate of drug-likeness (QED) is 0.928. The van der Waals surface area contributed by atoms with Gasteiger partial charge in [0.15, 0.2) is 6.10 Å². The number of ether oxygens (including phenoxy) is 1. The molecule has 94 valence electrons. The molecule has 0 fully saturated rings. The zero-order valence-corrected chi connectivity index (χ0v) is 12.0. The van der Waals surface area contributed by atoms with Crippen molar-refractivity contribution in [2.24, 2.45) is 0 Å². The zero-order valence-electron chi connectivity index (χ0n) is 10.5. The molecular formula is C13H17BrO3. The Kier molecular flexibility index (Phi) is 4.20. The van der Waals surface area contributed by atoms with Crippen LogP contribution in [-0.2, 0) is 10.2 Å². The fraction of sp³-hybridized carbons (Fsp3) is 0.462. The van der Waals surface area contributed by atoms with Crippen molar-refractivity contribution in [2.75, 3.05) is 0 Å². The van der Waals surface area contributed by atoms with Gasteiger partial charge in [0.25, 0.3) is 0 Å². The molecule has 0 bridgehead atoms. The van der Waals surface area contributed by atoms with Crippen molar-refractivity contribution in [1.82, 2.24) is 0 Å². The molecule has 4 heteroatoms. The molecule has 0 heterocycles. The van der Waals surface area contributed by atoms with E-state index in [1.807, 2.05) is 12.1 Å². The van der Waals surface area contributed by atoms with E-state index in [-0.39, 0.29) is 5.41 Å². The standard InChI is InChI=1S/C13H17BrO3/c1-8(12(15)16)17-11-6-5-9(7-10(11)14)13(2,3)4/h5-8H,1-4H3,(H,15,16)/t8-/m1/s1. The lowest BCUT2D eigenvalue weighted by Crippen LogP contribution is -2.23. The summed E-state index contributed by atoms with van der Waals surface area (Å²) < 4.78 is 6.10. The molecule has 0 aliphatic heterocycles. The van der Waals surface area contributed by atoms with E-state index < -0.39 is 12.1 Å². The van der Waals surface area contributed by atoms with Gasteiger partial charge in [-0.3, -0.25) is 0 Å². The summed E-state index contributed by atoms with van der Waals surface area (Å²) in [4.78, 5) is 10.7. The van der Waals surface area contributed by atoms with Crippen LogP contribution in [0.15, 0.2) is 22.7 Å². The van der Waals surface area contributed by atoms with Crippen LogP contribution in [0.1, 0.15) is 33.3 Å². The molecule has 0 aliphatic rings. The number of carboxylic acids is 1. The molecule has 3 nitrogen and oxygen atoms in total. The number of aliphatic carboxylic acids is 1. The Balaban J connectivity index is 2.95. The third-order valence-corrected chi connectivity index (χ3v) is 3.07. The van der Waals surface area contributed by atoms with Gasteiger partial charge in [-0.1, -0.05) is 26.8 Å². The molecule has 1 N–H and O–H groups in total. The summed E-state index contributed by atoms with van der Waals surface area (Å²) >= 11 is 3.40. The lowest BCUT2D eigenvalue weighted by Gasteiger charge is -2.20. The molecule has 0 aromatic heterocycles. The molecule has 0 saturated heterocycles. The highest BCUT2D eigenvalue weighted by atomic mass is 79.9. The lowest BCUT2D eigenvalue weighted by atomic mass is 9.87. The fourth-order valence-electron chi connectivity index (χ4n) is 1.30. The van der Waals surface area contributed by atoms with Gasteiger partial charge in [0, 0.05) is 0 Å². The average molecular weight is 301 g/mol. The maximum atomic E-state index is 10.7. The van der Waals surface area contributed by atoms with Gasteiger partial charge in [0.2, 0.25) is 0 Å². The number of halogens is 1. The maximum absolute atomic E-state index is 10.7. The Bertz CT molecular complexity index is 421. The highest BCUT2D eigenvalue weighted by molar-refractivity contribution is 9.10. The van der Waals surface area contributed by atoms with Gasteiger partial charge in [0.1, 0.15) is 5.75 Å². The molecule has 1 aromatic rings. The molecule has 0 aliphatic carbocycles. The summed E-state index contributed by atoms with van der Waals surface area (Å²) in [6.07, 6.45) is -0.855. The van der Waals surface area contributed by atoms with Crippen LogP contribution in [-0.4, -0.2) is 17.2 Å². The van der Waals surface area contributed by atoms with Crippen molar-refractivity contribution in [2.45, 2.75) is 39.2 Å². The summed E-state index contributed by atoms with van der Waals surface area (Å²) in [5.41, 5.74) is 1.22. The van der Waals surface area contributed by atoms with Crippen LogP contribution in [0.25, 0.3) is 0 Å². The van der Waals surface area contributed by atoms with Crippen molar-refractivity contribution in [1.29, 1.82) is 0 Å². The monoisotopic (exact) mass is 300 g/mol. The third-order valence-electron chi connectivity index (χ3n) is 2.45. The first-order chi connectivity index (χ1) is 7.71. The highest BCUT2D eigenvalue weighted by Gasteiger charge is 2.18. The zero-order chi connectivity index (χ0) is 13.2. The average Bonchev–Trinajstić information content (AvgIpc) is 2.19. The van der Waals surface area contributed by atoms with Gasteiger partial charge in [-0.25, -0.2) is 4.79 Å². The summed E-state index contributed by atoms with van der Waals surface area (Å²) in [7, 11) is 0. The number of hydrogen-bond acceptors (Lipinski definition) is 2. The van der Waals surface area contributed by atoms with Gasteiger partial charge < -0.3 is 9.84 Å². The molecule has 0 radical (unpaired) electrons. The van der Waals surface area contributed by atoms with E-state index in [9.17, 15) is 4.79 Å². The van der Waals surface area contributed by atoms with E-state index in [4.69, 9.17) is 9.84 Å². The molecule has 1 rings (SSSR count). The number of hydrogen-bond donors (Lipinski definition) is 1. The minimum atomic E-state index is -0.975. The number of carboxylic acid groups (broad SMARTS) is 1. The number of benzene rings is 1. The van der Waals surface area contributed by atoms with E-state index >= 15 is 0 Å². The van der Waals surface area contributed by atoms with Crippen LogP contribution in [0, 0.1) is 0 Å². The molecule has 1 aromatic carbocycles. The summed E-state index contributed by atoms with van der Waals surface area (Å²) in [6, 6.07) is 5.71. The van der Waals surface area contributed by atoms with E-state index in [2.05, 4.69) is 36.7 Å². The number of carbonyl (C=O) groups is 1. The second kappa shape index (κ2) is 5.08. The van der Waals surface area contributed by atoms with Gasteiger partial charge >= 0.3 is 5.97 Å². The normalized spacial score (nSPS) is 13.2. The molecule has 0 saturated carbocycles. The van der Waals surface area contributed by atoms with Crippen LogP contribution in [0.5, 0.6) is 5.75 Å². The predicted octanol–water partition coefficient (Wildman–Crippen LogP) is 3.60. The smallest absolute Gasteiger partial charge is 0.344 e. The van der Waals surface area contributed by atoms with Crippen LogP contribution >= 0.6 is 15.9 Å². The maximum Gasteiger partial charge on any atom is 0.344 e. The Morgan fingerprint density at radius 3 is 2.41 bits per heavy atom. The SMILES string of the molecule is C[C@@H](Oc1ccc(C(C)(C)C)cc1Br)C(=O)O. The van der Waals surface area contributed by atoms with E-state index in [1.165, 1.54) is 12.5 Å². The van der Waals surface area contributed by atoms with E-state index in [0.717, 1.165) is 4.47 Å². The van der Waals surface area contributed by atoms with Gasteiger partial charge in [-0.15, -0.1) is 0 Å². The minimum Gasteiger partial charge on any atom is -0.479 e. The molecule has 0 spiro atoms. The first-order valence-corrected chi connectivity index (χ1v) is 6.20. The van der Waals surface area contributed by atoms with Gasteiger partial charge in [-0.2, -0.15) is 0 Å². The Hall–Kier alpha value is -1.03. The van der Waals surface area contributed by atoms with Crippen molar-refractivity contribution < 1.29 is 14.6 Å². The van der Waals surface area contributed by atoms with Crippen molar-refractivity contribution in [3.8, 4) is 5.75 Å². The minimum absolute atomic E-state index is 0.0550. The second-order valence-electron chi connectivity index (χ2n) is 4.99. The van der Waals surface area contributed by atoms with Crippen LogP contribution in [0.4, 0.5) is 0 Å². The van der Waals surface area contributed by atoms with Gasteiger partial charge in [-0.05, 0) is 46.0 Å². The van der Waals surface area contributed by atoms with Crippen LogP contribution in [0.2, 0.25) is 0 Å². The first kappa shape index (κ1) is 14.0. The summed E-state index contributed by atoms with van der Waals surface area (Å²) in [5.74, 6) is -0.426.